The zero-order chi connectivity index (χ0) is 15.9. The van der Waals surface area contributed by atoms with Crippen LogP contribution in [0.3, 0.4) is 0 Å². The molecule has 1 aliphatic heterocycles. The predicted octanol–water partition coefficient (Wildman–Crippen LogP) is 2.13. The largest absolute Gasteiger partial charge is 0.383 e. The van der Waals surface area contributed by atoms with Gasteiger partial charge in [-0.15, -0.1) is 0 Å². The Morgan fingerprint density at radius 1 is 1.41 bits per heavy atom. The Morgan fingerprint density at radius 3 is 2.82 bits per heavy atom. The third kappa shape index (κ3) is 4.08. The Hall–Kier alpha value is -1.85. The van der Waals surface area contributed by atoms with Crippen molar-refractivity contribution >= 4 is 23.2 Å². The number of carbonyl (C=O) groups excluding carboxylic acids is 1. The zero-order valence-electron chi connectivity index (χ0n) is 12.6. The van der Waals surface area contributed by atoms with E-state index < -0.39 is 0 Å². The average molecular weight is 322 g/mol. The number of hydrogen-bond acceptors (Lipinski definition) is 4. The number of hydrogen-bond donors (Lipinski definition) is 2. The van der Waals surface area contributed by atoms with E-state index in [9.17, 15) is 4.79 Å². The summed E-state index contributed by atoms with van der Waals surface area (Å²) >= 11 is 6.25. The van der Waals surface area contributed by atoms with E-state index in [2.05, 4.69) is 5.32 Å². The number of rotatable bonds is 6. The molecule has 2 N–H and O–H groups in total. The van der Waals surface area contributed by atoms with E-state index >= 15 is 0 Å². The molecule has 0 saturated carbocycles. The fraction of sp³-hybridized carbons (Fsp3) is 0.375. The van der Waals surface area contributed by atoms with Gasteiger partial charge in [0.2, 0.25) is 0 Å². The topological polar surface area (TPSA) is 65.4 Å². The molecule has 1 saturated heterocycles. The van der Waals surface area contributed by atoms with Gasteiger partial charge in [0.1, 0.15) is 10.9 Å². The van der Waals surface area contributed by atoms with Crippen LogP contribution in [0.1, 0.15) is 12.0 Å². The quantitative estimate of drug-likeness (QED) is 0.789. The predicted molar refractivity (Wildman–Crippen MR) is 87.0 cm³/mol. The van der Waals surface area contributed by atoms with Crippen LogP contribution < -0.4 is 5.32 Å². The number of nitrogens with zero attached hydrogens (tertiary/aromatic N) is 1. The molecule has 5 nitrogen and oxygen atoms in total. The molecule has 0 atom stereocenters. The molecule has 0 unspecified atom stereocenters. The molecule has 0 spiro atoms. The summed E-state index contributed by atoms with van der Waals surface area (Å²) < 4.78 is 4.98. The van der Waals surface area contributed by atoms with Crippen LogP contribution in [0.4, 0.5) is 0 Å². The minimum absolute atomic E-state index is 0.0343. The number of likely N-dealkylation sites (tertiary alicyclic amines) is 1. The van der Waals surface area contributed by atoms with E-state index in [1.807, 2.05) is 30.3 Å². The Labute approximate surface area is 135 Å². The standard InChI is InChI=1S/C16H20ClN3O2/c1-22-10-9-20-8-7-13(14(18)16(20)21)15(17)19-11-12-5-3-2-4-6-12/h2-6,18-19H,7-11H2,1H3/b15-13-,18-14?. The third-order valence-electron chi connectivity index (χ3n) is 3.56. The van der Waals surface area contributed by atoms with Gasteiger partial charge in [0, 0.05) is 32.3 Å². The Kier molecular flexibility index (Phi) is 5.98. The summed E-state index contributed by atoms with van der Waals surface area (Å²) in [7, 11) is 1.59. The molecule has 2 rings (SSSR count). The SMILES string of the molecule is COCCN1CC/C(=C(\Cl)NCc2ccccc2)C(=N)C1=O. The Balaban J connectivity index is 1.99. The molecule has 0 aliphatic carbocycles. The zero-order valence-corrected chi connectivity index (χ0v) is 13.3. The highest BCUT2D eigenvalue weighted by atomic mass is 35.5. The van der Waals surface area contributed by atoms with Crippen molar-refractivity contribution in [2.45, 2.75) is 13.0 Å². The summed E-state index contributed by atoms with van der Waals surface area (Å²) in [6.45, 7) is 2.10. The van der Waals surface area contributed by atoms with Crippen LogP contribution in [0.25, 0.3) is 0 Å². The highest BCUT2D eigenvalue weighted by Gasteiger charge is 2.28. The van der Waals surface area contributed by atoms with Crippen molar-refractivity contribution in [2.75, 3.05) is 26.8 Å². The molecule has 1 amide bonds. The minimum Gasteiger partial charge on any atom is -0.383 e. The third-order valence-corrected chi connectivity index (χ3v) is 3.92. The van der Waals surface area contributed by atoms with Gasteiger partial charge in [-0.05, 0) is 12.0 Å². The highest BCUT2D eigenvalue weighted by molar-refractivity contribution is 6.47. The second-order valence-electron chi connectivity index (χ2n) is 5.04. The molecule has 22 heavy (non-hydrogen) atoms. The van der Waals surface area contributed by atoms with Crippen molar-refractivity contribution in [3.8, 4) is 0 Å². The van der Waals surface area contributed by atoms with Crippen molar-refractivity contribution in [1.82, 2.24) is 10.2 Å². The van der Waals surface area contributed by atoms with Gasteiger partial charge in [0.25, 0.3) is 5.91 Å². The number of carbonyl (C=O) groups is 1. The van der Waals surface area contributed by atoms with Crippen LogP contribution in [-0.4, -0.2) is 43.3 Å². The summed E-state index contributed by atoms with van der Waals surface area (Å²) in [5.74, 6) is -0.294. The number of nitrogens with one attached hydrogen (secondary N) is 2. The molecule has 1 aromatic carbocycles. The van der Waals surface area contributed by atoms with Crippen LogP contribution >= 0.6 is 11.6 Å². The van der Waals surface area contributed by atoms with Crippen molar-refractivity contribution in [2.24, 2.45) is 0 Å². The molecule has 0 radical (unpaired) electrons. The van der Waals surface area contributed by atoms with Crippen molar-refractivity contribution < 1.29 is 9.53 Å². The summed E-state index contributed by atoms with van der Waals surface area (Å²) in [5.41, 5.74) is 1.64. The van der Waals surface area contributed by atoms with Crippen LogP contribution in [-0.2, 0) is 16.1 Å². The molecule has 1 fully saturated rings. The average Bonchev–Trinajstić information content (AvgIpc) is 2.55. The van der Waals surface area contributed by atoms with Crippen LogP contribution in [0.15, 0.2) is 41.1 Å². The van der Waals surface area contributed by atoms with Crippen molar-refractivity contribution in [3.05, 3.63) is 46.6 Å². The Bertz CT molecular complexity index is 572. The number of methoxy groups -OCH3 is 1. The normalized spacial score (nSPS) is 17.6. The fourth-order valence-electron chi connectivity index (χ4n) is 2.28. The molecular weight excluding hydrogens is 302 g/mol. The van der Waals surface area contributed by atoms with Crippen LogP contribution in [0, 0.1) is 5.41 Å². The van der Waals surface area contributed by atoms with Crippen molar-refractivity contribution in [1.29, 1.82) is 5.41 Å². The molecule has 6 heteroatoms. The van der Waals surface area contributed by atoms with E-state index in [1.165, 1.54) is 0 Å². The Morgan fingerprint density at radius 2 is 2.14 bits per heavy atom. The number of amides is 1. The second-order valence-corrected chi connectivity index (χ2v) is 5.42. The molecule has 0 aromatic heterocycles. The summed E-state index contributed by atoms with van der Waals surface area (Å²) in [5, 5.41) is 11.5. The maximum Gasteiger partial charge on any atom is 0.272 e. The molecule has 1 heterocycles. The molecule has 1 aliphatic rings. The maximum atomic E-state index is 12.1. The summed E-state index contributed by atoms with van der Waals surface area (Å²) in [4.78, 5) is 13.8. The van der Waals surface area contributed by atoms with Gasteiger partial charge in [-0.2, -0.15) is 0 Å². The number of piperidine rings is 1. The lowest BCUT2D eigenvalue weighted by atomic mass is 10.0. The van der Waals surface area contributed by atoms with E-state index in [4.69, 9.17) is 21.7 Å². The van der Waals surface area contributed by atoms with E-state index in [-0.39, 0.29) is 11.6 Å². The fourth-order valence-corrected chi connectivity index (χ4v) is 2.53. The number of halogens is 1. The van der Waals surface area contributed by atoms with Crippen molar-refractivity contribution in [3.63, 3.8) is 0 Å². The first-order valence-corrected chi connectivity index (χ1v) is 7.55. The lowest BCUT2D eigenvalue weighted by molar-refractivity contribution is -0.125. The molecule has 1 aromatic rings. The van der Waals surface area contributed by atoms with Crippen LogP contribution in [0.5, 0.6) is 0 Å². The van der Waals surface area contributed by atoms with E-state index in [0.717, 1.165) is 5.56 Å². The van der Waals surface area contributed by atoms with Gasteiger partial charge < -0.3 is 15.0 Å². The minimum atomic E-state index is -0.294. The number of ether oxygens (including phenoxy) is 1. The first-order chi connectivity index (χ1) is 10.6. The number of benzene rings is 1. The highest BCUT2D eigenvalue weighted by Crippen LogP contribution is 2.19. The van der Waals surface area contributed by atoms with Crippen LogP contribution in [0.2, 0.25) is 0 Å². The summed E-state index contributed by atoms with van der Waals surface area (Å²) in [6, 6.07) is 9.85. The first kappa shape index (κ1) is 16.5. The molecule has 118 valence electrons. The molecule has 0 bridgehead atoms. The van der Waals surface area contributed by atoms with Gasteiger partial charge in [-0.3, -0.25) is 10.2 Å². The van der Waals surface area contributed by atoms with Gasteiger partial charge in [0.15, 0.2) is 0 Å². The lowest BCUT2D eigenvalue weighted by Gasteiger charge is -2.29. The summed E-state index contributed by atoms with van der Waals surface area (Å²) in [6.07, 6.45) is 0.578. The van der Waals surface area contributed by atoms with Gasteiger partial charge >= 0.3 is 0 Å². The van der Waals surface area contributed by atoms with Gasteiger partial charge in [-0.25, -0.2) is 0 Å². The lowest BCUT2D eigenvalue weighted by Crippen LogP contribution is -2.44. The van der Waals surface area contributed by atoms with Gasteiger partial charge in [-0.1, -0.05) is 41.9 Å². The first-order valence-electron chi connectivity index (χ1n) is 7.17. The van der Waals surface area contributed by atoms with Gasteiger partial charge in [0.05, 0.1) is 6.61 Å². The monoisotopic (exact) mass is 321 g/mol. The molecular formula is C16H20ClN3O2. The van der Waals surface area contributed by atoms with E-state index in [1.54, 1.807) is 12.0 Å². The smallest absolute Gasteiger partial charge is 0.272 e. The second kappa shape index (κ2) is 7.96. The maximum absolute atomic E-state index is 12.1. The van der Waals surface area contributed by atoms with E-state index in [0.29, 0.717) is 43.4 Å².